The number of carbonyl (C=O) groups is 1. The van der Waals surface area contributed by atoms with Gasteiger partial charge >= 0.3 is 0 Å². The predicted molar refractivity (Wildman–Crippen MR) is 132 cm³/mol. The second-order valence-corrected chi connectivity index (χ2v) is 8.88. The first-order chi connectivity index (χ1) is 18.0. The van der Waals surface area contributed by atoms with Crippen molar-refractivity contribution in [3.8, 4) is 17.3 Å². The van der Waals surface area contributed by atoms with Gasteiger partial charge in [-0.1, -0.05) is 0 Å². The van der Waals surface area contributed by atoms with Gasteiger partial charge < -0.3 is 25.2 Å². The number of anilines is 1. The van der Waals surface area contributed by atoms with Crippen LogP contribution >= 0.6 is 0 Å². The molecule has 1 amide bonds. The highest BCUT2D eigenvalue weighted by atomic mass is 16.5. The molecule has 2 aliphatic rings. The van der Waals surface area contributed by atoms with Crippen LogP contribution in [-0.4, -0.2) is 61.4 Å². The molecule has 0 saturated heterocycles. The highest BCUT2D eigenvalue weighted by molar-refractivity contribution is 5.94. The van der Waals surface area contributed by atoms with Gasteiger partial charge in [-0.25, -0.2) is 9.97 Å². The number of hydrogen-bond acceptors (Lipinski definition) is 10. The number of pyridine rings is 3. The zero-order chi connectivity index (χ0) is 25.5. The van der Waals surface area contributed by atoms with Crippen molar-refractivity contribution in [2.24, 2.45) is 0 Å². The van der Waals surface area contributed by atoms with E-state index in [9.17, 15) is 14.7 Å². The summed E-state index contributed by atoms with van der Waals surface area (Å²) < 4.78 is 12.0. The Kier molecular flexibility index (Phi) is 5.74. The third kappa shape index (κ3) is 4.36. The molecule has 0 spiro atoms. The Morgan fingerprint density at radius 2 is 2.05 bits per heavy atom. The van der Waals surface area contributed by atoms with Crippen LogP contribution in [0, 0.1) is 0 Å². The molecule has 12 nitrogen and oxygen atoms in total. The maximum Gasteiger partial charge on any atom is 0.275 e. The number of carbonyl (C=O) groups excluding carboxylic acids is 1. The number of fused-ring (bicyclic) bond motifs is 3. The number of aliphatic hydroxyl groups is 1. The molecule has 37 heavy (non-hydrogen) atoms. The summed E-state index contributed by atoms with van der Waals surface area (Å²) in [5.74, 6) is 1.05. The lowest BCUT2D eigenvalue weighted by Gasteiger charge is -2.30. The number of aromatic nitrogens is 5. The first kappa shape index (κ1) is 23.0. The van der Waals surface area contributed by atoms with Gasteiger partial charge in [0.05, 0.1) is 37.0 Å². The summed E-state index contributed by atoms with van der Waals surface area (Å²) >= 11 is 0. The minimum atomic E-state index is -0.672. The van der Waals surface area contributed by atoms with Crippen LogP contribution in [0.15, 0.2) is 47.5 Å². The Labute approximate surface area is 210 Å². The van der Waals surface area contributed by atoms with Crippen molar-refractivity contribution in [2.75, 3.05) is 19.0 Å². The molecule has 1 unspecified atom stereocenters. The van der Waals surface area contributed by atoms with Crippen molar-refractivity contribution in [2.45, 2.75) is 31.5 Å². The van der Waals surface area contributed by atoms with Crippen molar-refractivity contribution < 1.29 is 19.4 Å². The molecule has 0 fully saturated rings. The zero-order valence-corrected chi connectivity index (χ0v) is 19.8. The fraction of sp³-hybridized carbons (Fsp3) is 0.280. The summed E-state index contributed by atoms with van der Waals surface area (Å²) in [5, 5.41) is 16.9. The van der Waals surface area contributed by atoms with Crippen LogP contribution < -0.4 is 25.7 Å². The smallest absolute Gasteiger partial charge is 0.275 e. The molecule has 6 rings (SSSR count). The molecule has 3 N–H and O–H groups in total. The van der Waals surface area contributed by atoms with Crippen molar-refractivity contribution in [1.29, 1.82) is 0 Å². The van der Waals surface area contributed by atoms with E-state index in [0.29, 0.717) is 59.4 Å². The topological polar surface area (TPSA) is 153 Å². The van der Waals surface area contributed by atoms with Gasteiger partial charge in [0.2, 0.25) is 5.88 Å². The summed E-state index contributed by atoms with van der Waals surface area (Å²) in [6.07, 6.45) is 3.07. The standard InChI is InChI=1S/C25H23N7O5/c1-36-22-5-3-16-25(31-22)32(23(35)11-28-16)15-6-13-7-19(33)18(8-17(13)27-10-15)26-9-14-2-4-20-24(29-14)30-21(34)12-37-20/h2-6,10-11,18-19,26,33H,7-9,12H2,1H3,(H,29,30,34)/t18-,19?/m1/s1. The van der Waals surface area contributed by atoms with Crippen LogP contribution in [0.5, 0.6) is 11.6 Å². The number of hydrogen-bond donors (Lipinski definition) is 3. The maximum absolute atomic E-state index is 12.7. The molecule has 0 saturated carbocycles. The van der Waals surface area contributed by atoms with Gasteiger partial charge in [0.15, 0.2) is 23.8 Å². The molecular formula is C25H23N7O5. The number of rotatable bonds is 5. The Bertz CT molecular complexity index is 1590. The first-order valence-corrected chi connectivity index (χ1v) is 11.7. The fourth-order valence-corrected chi connectivity index (χ4v) is 4.61. The van der Waals surface area contributed by atoms with Gasteiger partial charge in [-0.2, -0.15) is 4.98 Å². The highest BCUT2D eigenvalue weighted by Crippen LogP contribution is 2.26. The van der Waals surface area contributed by atoms with Crippen LogP contribution in [0.4, 0.5) is 5.82 Å². The minimum Gasteiger partial charge on any atom is -0.481 e. The second kappa shape index (κ2) is 9.22. The van der Waals surface area contributed by atoms with E-state index in [2.05, 4.69) is 30.6 Å². The summed E-state index contributed by atoms with van der Waals surface area (Å²) in [4.78, 5) is 41.9. The molecule has 188 valence electrons. The molecule has 2 atom stereocenters. The van der Waals surface area contributed by atoms with E-state index in [1.807, 2.05) is 12.1 Å². The lowest BCUT2D eigenvalue weighted by Crippen LogP contribution is -2.45. The summed E-state index contributed by atoms with van der Waals surface area (Å²) in [7, 11) is 1.51. The SMILES string of the molecule is COc1ccc2ncc(=O)n(-c3cnc4c(c3)CC(O)[C@H](NCc3ccc5c(n3)NC(=O)CO5)C4)c2n1. The Balaban J connectivity index is 1.23. The third-order valence-corrected chi connectivity index (χ3v) is 6.47. The molecule has 1 aliphatic heterocycles. The predicted octanol–water partition coefficient (Wildman–Crippen LogP) is 0.528. The number of aliphatic hydroxyl groups excluding tert-OH is 1. The number of methoxy groups -OCH3 is 1. The van der Waals surface area contributed by atoms with E-state index < -0.39 is 6.10 Å². The number of amides is 1. The molecule has 0 aromatic carbocycles. The molecule has 5 heterocycles. The summed E-state index contributed by atoms with van der Waals surface area (Å²) in [6, 6.07) is 8.62. The van der Waals surface area contributed by atoms with Crippen molar-refractivity contribution in [3.63, 3.8) is 0 Å². The van der Waals surface area contributed by atoms with E-state index in [1.165, 1.54) is 17.9 Å². The number of nitrogens with zero attached hydrogens (tertiary/aromatic N) is 5. The van der Waals surface area contributed by atoms with Crippen molar-refractivity contribution >= 4 is 22.9 Å². The number of ether oxygens (including phenoxy) is 2. The van der Waals surface area contributed by atoms with E-state index in [1.54, 1.807) is 24.4 Å². The van der Waals surface area contributed by atoms with Crippen LogP contribution in [0.3, 0.4) is 0 Å². The highest BCUT2D eigenvalue weighted by Gasteiger charge is 2.28. The third-order valence-electron chi connectivity index (χ3n) is 6.47. The van der Waals surface area contributed by atoms with E-state index in [-0.39, 0.29) is 24.1 Å². The van der Waals surface area contributed by atoms with Crippen LogP contribution in [0.2, 0.25) is 0 Å². The Morgan fingerprint density at radius 1 is 1.16 bits per heavy atom. The lowest BCUT2D eigenvalue weighted by molar-refractivity contribution is -0.118. The van der Waals surface area contributed by atoms with Crippen molar-refractivity contribution in [3.05, 3.63) is 70.0 Å². The minimum absolute atomic E-state index is 0.0224. The van der Waals surface area contributed by atoms with Gasteiger partial charge in [0, 0.05) is 37.2 Å². The molecule has 0 radical (unpaired) electrons. The van der Waals surface area contributed by atoms with Crippen LogP contribution in [0.25, 0.3) is 16.9 Å². The molecule has 4 aromatic heterocycles. The average molecular weight is 502 g/mol. The van der Waals surface area contributed by atoms with Gasteiger partial charge in [0.25, 0.3) is 11.5 Å². The molecule has 12 heteroatoms. The molecule has 4 aromatic rings. The van der Waals surface area contributed by atoms with E-state index in [0.717, 1.165) is 11.3 Å². The Hall–Kier alpha value is -4.42. The van der Waals surface area contributed by atoms with E-state index >= 15 is 0 Å². The van der Waals surface area contributed by atoms with E-state index in [4.69, 9.17) is 9.47 Å². The summed E-state index contributed by atoms with van der Waals surface area (Å²) in [6.45, 7) is 0.371. The fourth-order valence-electron chi connectivity index (χ4n) is 4.61. The van der Waals surface area contributed by atoms with Gasteiger partial charge in [0.1, 0.15) is 5.52 Å². The molecule has 0 bridgehead atoms. The first-order valence-electron chi connectivity index (χ1n) is 11.7. The van der Waals surface area contributed by atoms with Gasteiger partial charge in [-0.15, -0.1) is 0 Å². The Morgan fingerprint density at radius 3 is 2.92 bits per heavy atom. The van der Waals surface area contributed by atoms with Crippen LogP contribution in [-0.2, 0) is 24.2 Å². The lowest BCUT2D eigenvalue weighted by atomic mass is 9.89. The average Bonchev–Trinajstić information content (AvgIpc) is 2.91. The van der Waals surface area contributed by atoms with Crippen LogP contribution in [0.1, 0.15) is 17.0 Å². The largest absolute Gasteiger partial charge is 0.481 e. The zero-order valence-electron chi connectivity index (χ0n) is 19.8. The second-order valence-electron chi connectivity index (χ2n) is 8.88. The quantitative estimate of drug-likeness (QED) is 0.353. The normalized spacial score (nSPS) is 18.5. The molecular weight excluding hydrogens is 478 g/mol. The molecule has 1 aliphatic carbocycles. The monoisotopic (exact) mass is 501 g/mol. The summed E-state index contributed by atoms with van der Waals surface area (Å²) in [5.41, 5.74) is 3.51. The van der Waals surface area contributed by atoms with Crippen molar-refractivity contribution in [1.82, 2.24) is 29.8 Å². The van der Waals surface area contributed by atoms with Gasteiger partial charge in [-0.05, 0) is 29.8 Å². The van der Waals surface area contributed by atoms with Gasteiger partial charge in [-0.3, -0.25) is 19.1 Å². The maximum atomic E-state index is 12.7. The number of nitrogens with one attached hydrogen (secondary N) is 2.